The van der Waals surface area contributed by atoms with Crippen molar-refractivity contribution in [3.05, 3.63) is 0 Å². The molecule has 0 fully saturated rings. The molecule has 4 heteroatoms. The van der Waals surface area contributed by atoms with Crippen molar-refractivity contribution in [3.63, 3.8) is 0 Å². The lowest BCUT2D eigenvalue weighted by atomic mass is 10.3. The Balaban J connectivity index is 4.50. The molecule has 0 saturated carbocycles. The van der Waals surface area contributed by atoms with E-state index >= 15 is 0 Å². The number of rotatable bonds is 4. The fourth-order valence-electron chi connectivity index (χ4n) is 1.89. The topological polar surface area (TPSA) is 12.5 Å². The van der Waals surface area contributed by atoms with Crippen LogP contribution >= 0.6 is 0 Å². The van der Waals surface area contributed by atoms with E-state index in [-0.39, 0.29) is 0 Å². The predicted octanol–water partition coefficient (Wildman–Crippen LogP) is 1.91. The van der Waals surface area contributed by atoms with Crippen LogP contribution in [0.3, 0.4) is 0 Å². The predicted molar refractivity (Wildman–Crippen MR) is 56.4 cm³/mol. The van der Waals surface area contributed by atoms with Crippen LogP contribution in [0, 0.1) is 0 Å². The first kappa shape index (κ1) is 12.4. The van der Waals surface area contributed by atoms with Crippen LogP contribution in [-0.4, -0.2) is 35.6 Å². The maximum absolute atomic E-state index is 5.39. The molecule has 2 nitrogen and oxygen atoms in total. The summed E-state index contributed by atoms with van der Waals surface area (Å²) < 4.78 is 7.84. The fourth-order valence-corrected chi connectivity index (χ4v) is 4.80. The highest BCUT2D eigenvalue weighted by molar-refractivity contribution is 6.71. The summed E-state index contributed by atoms with van der Waals surface area (Å²) in [7, 11) is 1.49. The molecule has 12 heavy (non-hydrogen) atoms. The van der Waals surface area contributed by atoms with Crippen LogP contribution in [0.15, 0.2) is 0 Å². The summed E-state index contributed by atoms with van der Waals surface area (Å²) in [5, 5.41) is 0. The molecule has 0 aliphatic rings. The van der Waals surface area contributed by atoms with E-state index in [2.05, 4.69) is 55.8 Å². The lowest BCUT2D eigenvalue weighted by Crippen LogP contribution is -2.57. The summed E-state index contributed by atoms with van der Waals surface area (Å²) in [6, 6.07) is 1.09. The first-order valence-corrected chi connectivity index (χ1v) is 7.72. The average Bonchev–Trinajstić information content (AvgIpc) is 1.84. The van der Waals surface area contributed by atoms with Gasteiger partial charge in [0, 0.05) is 0 Å². The van der Waals surface area contributed by atoms with Crippen molar-refractivity contribution in [1.82, 2.24) is 4.57 Å². The average molecular weight is 202 g/mol. The minimum absolute atomic E-state index is 0.544. The molecule has 0 aromatic heterocycles. The second kappa shape index (κ2) is 4.55. The third-order valence-electron chi connectivity index (χ3n) is 1.98. The summed E-state index contributed by atoms with van der Waals surface area (Å²) in [6.45, 7) is 13.2. The van der Waals surface area contributed by atoms with Crippen molar-refractivity contribution in [3.8, 4) is 0 Å². The summed E-state index contributed by atoms with van der Waals surface area (Å²) in [5.41, 5.74) is 0. The largest absolute Gasteiger partial charge is 0.445 e. The van der Waals surface area contributed by atoms with Crippen LogP contribution in [0.25, 0.3) is 0 Å². The van der Waals surface area contributed by atoms with Gasteiger partial charge in [0.15, 0.2) is 0 Å². The molecule has 0 amide bonds. The van der Waals surface area contributed by atoms with Gasteiger partial charge in [0.25, 0.3) is 8.48 Å². The summed E-state index contributed by atoms with van der Waals surface area (Å²) in [5.74, 6) is 0. The van der Waals surface area contributed by atoms with E-state index in [1.165, 1.54) is 0 Å². The van der Waals surface area contributed by atoms with Gasteiger partial charge >= 0.3 is 0 Å². The van der Waals surface area contributed by atoms with Gasteiger partial charge < -0.3 is 4.12 Å². The maximum atomic E-state index is 5.39. The highest BCUT2D eigenvalue weighted by atomic mass is 28.4. The Hall–Kier alpha value is 0.354. The standard InChI is InChI=1S/C8H20NOSi2/c1-7(2)9(8(3)4)12(5,6)10-11/h7-8H,1-6H3. The first-order chi connectivity index (χ1) is 5.33. The highest BCUT2D eigenvalue weighted by Crippen LogP contribution is 2.17. The highest BCUT2D eigenvalue weighted by Gasteiger charge is 2.33. The smallest absolute Gasteiger partial charge is 0.254 e. The van der Waals surface area contributed by atoms with Gasteiger partial charge in [0.05, 0.1) is 0 Å². The van der Waals surface area contributed by atoms with E-state index in [0.717, 1.165) is 0 Å². The Kier molecular flexibility index (Phi) is 4.69. The third-order valence-corrected chi connectivity index (χ3v) is 6.26. The molecule has 71 valence electrons. The van der Waals surface area contributed by atoms with Crippen molar-refractivity contribution < 1.29 is 4.12 Å². The van der Waals surface area contributed by atoms with Crippen LogP contribution in [0.5, 0.6) is 0 Å². The van der Waals surface area contributed by atoms with Gasteiger partial charge in [-0.05, 0) is 25.2 Å². The van der Waals surface area contributed by atoms with Crippen molar-refractivity contribution in [2.45, 2.75) is 52.9 Å². The molecule has 0 aromatic carbocycles. The summed E-state index contributed by atoms with van der Waals surface area (Å²) in [6.07, 6.45) is 0. The molecule has 0 aromatic rings. The Bertz CT molecular complexity index is 129. The Morgan fingerprint density at radius 1 is 1.08 bits per heavy atom. The van der Waals surface area contributed by atoms with Gasteiger partial charge in [-0.2, -0.15) is 0 Å². The van der Waals surface area contributed by atoms with E-state index in [0.29, 0.717) is 12.1 Å². The molecule has 0 bridgehead atoms. The zero-order chi connectivity index (χ0) is 9.94. The molecule has 0 atom stereocenters. The molecule has 0 heterocycles. The SMILES string of the molecule is CC(C)N(C(C)C)[Si](C)(C)O[Si]. The van der Waals surface area contributed by atoms with Crippen molar-refractivity contribution in [2.75, 3.05) is 0 Å². The van der Waals surface area contributed by atoms with Crippen molar-refractivity contribution in [1.29, 1.82) is 0 Å². The molecule has 0 N–H and O–H groups in total. The van der Waals surface area contributed by atoms with Crippen molar-refractivity contribution in [2.24, 2.45) is 0 Å². The zero-order valence-corrected chi connectivity index (χ0v) is 11.0. The van der Waals surface area contributed by atoms with Crippen LogP contribution in [0.1, 0.15) is 27.7 Å². The quantitative estimate of drug-likeness (QED) is 0.646. The molecular formula is C8H20NOSi2. The lowest BCUT2D eigenvalue weighted by molar-refractivity contribution is 0.258. The number of hydrogen-bond acceptors (Lipinski definition) is 2. The molecule has 0 rings (SSSR count). The zero-order valence-electron chi connectivity index (χ0n) is 9.01. The Morgan fingerprint density at radius 3 is 1.50 bits per heavy atom. The van der Waals surface area contributed by atoms with E-state index in [9.17, 15) is 0 Å². The normalized spacial score (nSPS) is 13.5. The van der Waals surface area contributed by atoms with E-state index in [4.69, 9.17) is 4.12 Å². The van der Waals surface area contributed by atoms with Gasteiger partial charge in [0.1, 0.15) is 0 Å². The minimum atomic E-state index is -1.69. The van der Waals surface area contributed by atoms with Gasteiger partial charge in [-0.15, -0.1) is 0 Å². The summed E-state index contributed by atoms with van der Waals surface area (Å²) in [4.78, 5) is 0. The first-order valence-electron chi connectivity index (χ1n) is 4.46. The lowest BCUT2D eigenvalue weighted by Gasteiger charge is -2.41. The monoisotopic (exact) mass is 202 g/mol. The van der Waals surface area contributed by atoms with Gasteiger partial charge in [-0.3, -0.25) is 4.57 Å². The second-order valence-corrected chi connectivity index (χ2v) is 8.37. The van der Waals surface area contributed by atoms with Gasteiger partial charge in [0.2, 0.25) is 10.5 Å². The Morgan fingerprint density at radius 2 is 1.42 bits per heavy atom. The van der Waals surface area contributed by atoms with Crippen molar-refractivity contribution >= 4 is 19.0 Å². The molecule has 0 saturated heterocycles. The van der Waals surface area contributed by atoms with E-state index < -0.39 is 8.48 Å². The van der Waals surface area contributed by atoms with Crippen LogP contribution < -0.4 is 0 Å². The molecular weight excluding hydrogens is 182 g/mol. The van der Waals surface area contributed by atoms with Crippen LogP contribution in [0.2, 0.25) is 13.1 Å². The van der Waals surface area contributed by atoms with Crippen LogP contribution in [-0.2, 0) is 4.12 Å². The maximum Gasteiger partial charge on any atom is 0.254 e. The van der Waals surface area contributed by atoms with Crippen LogP contribution in [0.4, 0.5) is 0 Å². The Labute approximate surface area is 81.0 Å². The van der Waals surface area contributed by atoms with E-state index in [1.54, 1.807) is 0 Å². The fraction of sp³-hybridized carbons (Fsp3) is 1.00. The number of nitrogens with zero attached hydrogens (tertiary/aromatic N) is 1. The third kappa shape index (κ3) is 3.01. The molecule has 3 radical (unpaired) electrons. The second-order valence-electron chi connectivity index (χ2n) is 4.14. The number of hydrogen-bond donors (Lipinski definition) is 0. The molecule has 0 aliphatic carbocycles. The molecule has 0 spiro atoms. The minimum Gasteiger partial charge on any atom is -0.445 e. The van der Waals surface area contributed by atoms with Gasteiger partial charge in [-0.1, -0.05) is 27.7 Å². The van der Waals surface area contributed by atoms with E-state index in [1.807, 2.05) is 0 Å². The molecule has 0 unspecified atom stereocenters. The summed E-state index contributed by atoms with van der Waals surface area (Å²) >= 11 is 0. The molecule has 0 aliphatic heterocycles. The van der Waals surface area contributed by atoms with Gasteiger partial charge in [-0.25, -0.2) is 0 Å².